The molecule has 0 amide bonds. The Kier molecular flexibility index (Phi) is 4.89. The molecule has 1 heterocycles. The Morgan fingerprint density at radius 2 is 2.29 bits per heavy atom. The fraction of sp³-hybridized carbons (Fsp3) is 0.385. The summed E-state index contributed by atoms with van der Waals surface area (Å²) in [5.74, 6) is 0.0506. The Bertz CT molecular complexity index is 644. The average Bonchev–Trinajstić information content (AvgIpc) is 2.92. The van der Waals surface area contributed by atoms with E-state index >= 15 is 0 Å². The molecule has 1 unspecified atom stereocenters. The van der Waals surface area contributed by atoms with E-state index in [2.05, 4.69) is 31.5 Å². The molecule has 0 spiro atoms. The van der Waals surface area contributed by atoms with Crippen molar-refractivity contribution in [3.8, 4) is 17.1 Å². The smallest absolute Gasteiger partial charge is 0.306 e. The van der Waals surface area contributed by atoms with Gasteiger partial charge < -0.3 is 9.84 Å². The van der Waals surface area contributed by atoms with Crippen LogP contribution in [0, 0.1) is 5.92 Å². The highest BCUT2D eigenvalue weighted by molar-refractivity contribution is 9.10. The van der Waals surface area contributed by atoms with Crippen molar-refractivity contribution in [3.63, 3.8) is 0 Å². The van der Waals surface area contributed by atoms with Gasteiger partial charge in [0.15, 0.2) is 5.82 Å². The van der Waals surface area contributed by atoms with Crippen molar-refractivity contribution in [3.05, 3.63) is 22.7 Å². The molecular formula is C13H15BrN4O3. The SMILES string of the molecule is COc1ccc(-c2nnnn2CCC(C)C(=O)O)cc1Br. The molecule has 1 atom stereocenters. The number of halogens is 1. The highest BCUT2D eigenvalue weighted by atomic mass is 79.9. The number of aliphatic carboxylic acids is 1. The van der Waals surface area contributed by atoms with E-state index in [9.17, 15) is 4.79 Å². The van der Waals surface area contributed by atoms with E-state index in [1.54, 1.807) is 18.7 Å². The maximum atomic E-state index is 10.8. The minimum atomic E-state index is -0.822. The van der Waals surface area contributed by atoms with Gasteiger partial charge in [0, 0.05) is 12.1 Å². The fourth-order valence-electron chi connectivity index (χ4n) is 1.81. The minimum Gasteiger partial charge on any atom is -0.496 e. The second-order valence-corrected chi connectivity index (χ2v) is 5.46. The van der Waals surface area contributed by atoms with Crippen molar-refractivity contribution >= 4 is 21.9 Å². The van der Waals surface area contributed by atoms with Gasteiger partial charge in [-0.1, -0.05) is 6.92 Å². The van der Waals surface area contributed by atoms with Crippen molar-refractivity contribution in [2.45, 2.75) is 19.9 Å². The Morgan fingerprint density at radius 3 is 2.90 bits per heavy atom. The van der Waals surface area contributed by atoms with E-state index < -0.39 is 11.9 Å². The topological polar surface area (TPSA) is 90.1 Å². The van der Waals surface area contributed by atoms with Crippen molar-refractivity contribution in [1.29, 1.82) is 0 Å². The molecule has 2 rings (SSSR count). The Labute approximate surface area is 130 Å². The lowest BCUT2D eigenvalue weighted by atomic mass is 10.1. The molecule has 0 bridgehead atoms. The third-order valence-electron chi connectivity index (χ3n) is 3.14. The lowest BCUT2D eigenvalue weighted by molar-refractivity contribution is -0.141. The van der Waals surface area contributed by atoms with Gasteiger partial charge in [-0.15, -0.1) is 5.10 Å². The summed E-state index contributed by atoms with van der Waals surface area (Å²) >= 11 is 3.42. The van der Waals surface area contributed by atoms with Gasteiger partial charge in [-0.05, 0) is 51.0 Å². The van der Waals surface area contributed by atoms with Crippen LogP contribution in [0.15, 0.2) is 22.7 Å². The first-order valence-electron chi connectivity index (χ1n) is 6.35. The van der Waals surface area contributed by atoms with Gasteiger partial charge in [-0.3, -0.25) is 4.79 Å². The molecule has 8 heteroatoms. The molecule has 2 aromatic rings. The number of nitrogens with zero attached hydrogens (tertiary/aromatic N) is 4. The third kappa shape index (κ3) is 3.57. The normalized spacial score (nSPS) is 12.1. The van der Waals surface area contributed by atoms with Crippen LogP contribution in [0.1, 0.15) is 13.3 Å². The van der Waals surface area contributed by atoms with Gasteiger partial charge in [-0.2, -0.15) is 0 Å². The number of carboxylic acids is 1. The highest BCUT2D eigenvalue weighted by Gasteiger charge is 2.15. The summed E-state index contributed by atoms with van der Waals surface area (Å²) in [6.45, 7) is 2.11. The molecule has 0 saturated heterocycles. The summed E-state index contributed by atoms with van der Waals surface area (Å²) in [5.41, 5.74) is 0.829. The Balaban J connectivity index is 2.20. The Hall–Kier alpha value is -1.96. The number of hydrogen-bond acceptors (Lipinski definition) is 5. The summed E-state index contributed by atoms with van der Waals surface area (Å²) < 4.78 is 7.59. The first kappa shape index (κ1) is 15.4. The van der Waals surface area contributed by atoms with Crippen LogP contribution in [-0.4, -0.2) is 38.4 Å². The van der Waals surface area contributed by atoms with E-state index in [4.69, 9.17) is 9.84 Å². The lowest BCUT2D eigenvalue weighted by Crippen LogP contribution is -2.14. The van der Waals surface area contributed by atoms with Gasteiger partial charge in [-0.25, -0.2) is 4.68 Å². The van der Waals surface area contributed by atoms with Gasteiger partial charge in [0.1, 0.15) is 5.75 Å². The van der Waals surface area contributed by atoms with Crippen LogP contribution in [0.5, 0.6) is 5.75 Å². The van der Waals surface area contributed by atoms with E-state index in [0.29, 0.717) is 18.8 Å². The molecule has 1 aromatic heterocycles. The number of ether oxygens (including phenoxy) is 1. The standard InChI is InChI=1S/C13H15BrN4O3/c1-8(13(19)20)5-6-18-12(15-16-17-18)9-3-4-11(21-2)10(14)7-9/h3-4,7-8H,5-6H2,1-2H3,(H,19,20). The zero-order valence-electron chi connectivity index (χ0n) is 11.7. The number of aryl methyl sites for hydroxylation is 1. The number of aromatic nitrogens is 4. The van der Waals surface area contributed by atoms with Crippen LogP contribution in [0.4, 0.5) is 0 Å². The summed E-state index contributed by atoms with van der Waals surface area (Å²) in [5, 5.41) is 20.5. The van der Waals surface area contributed by atoms with E-state index in [1.807, 2.05) is 18.2 Å². The number of carboxylic acid groups (broad SMARTS) is 1. The number of benzene rings is 1. The van der Waals surface area contributed by atoms with Gasteiger partial charge in [0.2, 0.25) is 0 Å². The molecule has 1 aromatic carbocycles. The molecule has 7 nitrogen and oxygen atoms in total. The molecule has 112 valence electrons. The van der Waals surface area contributed by atoms with Crippen molar-refractivity contribution < 1.29 is 14.6 Å². The number of tetrazole rings is 1. The van der Waals surface area contributed by atoms with Gasteiger partial charge >= 0.3 is 5.97 Å². The molecule has 0 aliphatic rings. The molecular weight excluding hydrogens is 340 g/mol. The number of methoxy groups -OCH3 is 1. The predicted octanol–water partition coefficient (Wildman–Crippen LogP) is 2.22. The van der Waals surface area contributed by atoms with Gasteiger partial charge in [0.25, 0.3) is 0 Å². The number of carbonyl (C=O) groups is 1. The second-order valence-electron chi connectivity index (χ2n) is 4.60. The van der Waals surface area contributed by atoms with Gasteiger partial charge in [0.05, 0.1) is 17.5 Å². The summed E-state index contributed by atoms with van der Waals surface area (Å²) in [7, 11) is 1.59. The maximum Gasteiger partial charge on any atom is 0.306 e. The first-order chi connectivity index (χ1) is 10.0. The molecule has 21 heavy (non-hydrogen) atoms. The van der Waals surface area contributed by atoms with Crippen LogP contribution in [0.25, 0.3) is 11.4 Å². The molecule has 0 fully saturated rings. The van der Waals surface area contributed by atoms with Crippen molar-refractivity contribution in [2.75, 3.05) is 7.11 Å². The third-order valence-corrected chi connectivity index (χ3v) is 3.76. The zero-order chi connectivity index (χ0) is 15.4. The quantitative estimate of drug-likeness (QED) is 0.855. The highest BCUT2D eigenvalue weighted by Crippen LogP contribution is 2.29. The number of hydrogen-bond donors (Lipinski definition) is 1. The van der Waals surface area contributed by atoms with Crippen LogP contribution in [0.3, 0.4) is 0 Å². The van der Waals surface area contributed by atoms with Crippen LogP contribution < -0.4 is 4.74 Å². The Morgan fingerprint density at radius 1 is 1.52 bits per heavy atom. The second kappa shape index (κ2) is 6.66. The summed E-state index contributed by atoms with van der Waals surface area (Å²) in [4.78, 5) is 10.8. The van der Waals surface area contributed by atoms with E-state index in [1.165, 1.54) is 0 Å². The zero-order valence-corrected chi connectivity index (χ0v) is 13.2. The largest absolute Gasteiger partial charge is 0.496 e. The van der Waals surface area contributed by atoms with E-state index in [-0.39, 0.29) is 0 Å². The predicted molar refractivity (Wildman–Crippen MR) is 78.9 cm³/mol. The molecule has 0 aliphatic carbocycles. The molecule has 0 aliphatic heterocycles. The van der Waals surface area contributed by atoms with E-state index in [0.717, 1.165) is 15.8 Å². The van der Waals surface area contributed by atoms with Crippen molar-refractivity contribution in [2.24, 2.45) is 5.92 Å². The molecule has 1 N–H and O–H groups in total. The molecule has 0 saturated carbocycles. The average molecular weight is 355 g/mol. The van der Waals surface area contributed by atoms with Crippen LogP contribution in [-0.2, 0) is 11.3 Å². The maximum absolute atomic E-state index is 10.8. The molecule has 0 radical (unpaired) electrons. The van der Waals surface area contributed by atoms with Crippen LogP contribution >= 0.6 is 15.9 Å². The number of rotatable bonds is 6. The fourth-order valence-corrected chi connectivity index (χ4v) is 2.35. The van der Waals surface area contributed by atoms with Crippen LogP contribution in [0.2, 0.25) is 0 Å². The minimum absolute atomic E-state index is 0.440. The summed E-state index contributed by atoms with van der Waals surface area (Å²) in [6, 6.07) is 5.53. The monoisotopic (exact) mass is 354 g/mol. The summed E-state index contributed by atoms with van der Waals surface area (Å²) in [6.07, 6.45) is 0.463. The first-order valence-corrected chi connectivity index (χ1v) is 7.15. The van der Waals surface area contributed by atoms with Crippen molar-refractivity contribution in [1.82, 2.24) is 20.2 Å². The lowest BCUT2D eigenvalue weighted by Gasteiger charge is -2.09.